The molecule has 0 radical (unpaired) electrons. The predicted molar refractivity (Wildman–Crippen MR) is 124 cm³/mol. The highest BCUT2D eigenvalue weighted by atomic mass is 31.1. The van der Waals surface area contributed by atoms with E-state index in [1.807, 2.05) is 31.3 Å². The van der Waals surface area contributed by atoms with Gasteiger partial charge in [0.05, 0.1) is 11.3 Å². The molecule has 2 aromatic rings. The molecule has 10 heteroatoms. The molecular formula is C23H24F3N5OP+. The Kier molecular flexibility index (Phi) is 6.45. The first kappa shape index (κ1) is 23.3. The van der Waals surface area contributed by atoms with Crippen molar-refractivity contribution in [1.82, 2.24) is 10.3 Å². The molecule has 3 heterocycles. The van der Waals surface area contributed by atoms with Crippen molar-refractivity contribution in [2.75, 3.05) is 11.9 Å². The van der Waals surface area contributed by atoms with Gasteiger partial charge in [-0.05, 0) is 50.1 Å². The topological polar surface area (TPSA) is 69.4 Å². The standard InChI is InChI=1S/C23H23F3N5OP/c1-4-31-12-18-22(31)33-19(11-27-18)29-14(3)15-6-5-7-17(9-15)30-21(32)16-8-13(2)20(28-10-16)23(24,25)26/h5-12,14,19,29,33H,4H2,1-3H3/p+1. The number of rotatable bonds is 6. The maximum Gasteiger partial charge on any atom is 0.433 e. The Hall–Kier alpha value is -2.90. The van der Waals surface area contributed by atoms with Crippen LogP contribution in [0.5, 0.6) is 0 Å². The molecule has 6 nitrogen and oxygen atoms in total. The number of alkyl halides is 3. The molecule has 0 aliphatic carbocycles. The molecule has 0 spiro atoms. The molecule has 3 unspecified atom stereocenters. The van der Waals surface area contributed by atoms with Gasteiger partial charge in [-0.2, -0.15) is 17.7 Å². The number of pyridine rings is 1. The van der Waals surface area contributed by atoms with Crippen molar-refractivity contribution in [2.45, 2.75) is 38.8 Å². The highest BCUT2D eigenvalue weighted by Gasteiger charge is 2.35. The van der Waals surface area contributed by atoms with Crippen LogP contribution in [0.4, 0.5) is 18.9 Å². The van der Waals surface area contributed by atoms with E-state index in [0.717, 1.165) is 24.0 Å². The van der Waals surface area contributed by atoms with Gasteiger partial charge in [0.2, 0.25) is 11.7 Å². The Labute approximate surface area is 191 Å². The molecule has 1 aromatic carbocycles. The fourth-order valence-corrected chi connectivity index (χ4v) is 5.17. The molecular weight excluding hydrogens is 450 g/mol. The van der Waals surface area contributed by atoms with Crippen molar-refractivity contribution < 1.29 is 22.5 Å². The van der Waals surface area contributed by atoms with Crippen LogP contribution in [0.3, 0.4) is 0 Å². The number of allylic oxidation sites excluding steroid dienone is 1. The Morgan fingerprint density at radius 2 is 2.09 bits per heavy atom. The largest absolute Gasteiger partial charge is 0.433 e. The van der Waals surface area contributed by atoms with Crippen LogP contribution in [0, 0.1) is 6.92 Å². The minimum absolute atomic E-state index is 0.00191. The lowest BCUT2D eigenvalue weighted by atomic mass is 10.1. The minimum Gasteiger partial charge on any atom is -0.322 e. The molecule has 2 aliphatic heterocycles. The number of aryl methyl sites for hydroxylation is 1. The first-order valence-electron chi connectivity index (χ1n) is 10.5. The Morgan fingerprint density at radius 1 is 1.30 bits per heavy atom. The number of aliphatic imine (C=N–C) groups is 1. The molecule has 0 fully saturated rings. The molecule has 2 N–H and O–H groups in total. The molecule has 0 bridgehead atoms. The van der Waals surface area contributed by atoms with E-state index in [2.05, 4.69) is 38.3 Å². The molecule has 4 rings (SSSR count). The molecule has 1 amide bonds. The smallest absolute Gasteiger partial charge is 0.322 e. The number of benzene rings is 1. The van der Waals surface area contributed by atoms with E-state index in [-0.39, 0.29) is 23.0 Å². The summed E-state index contributed by atoms with van der Waals surface area (Å²) in [5.41, 5.74) is 2.83. The lowest BCUT2D eigenvalue weighted by Crippen LogP contribution is -2.34. The van der Waals surface area contributed by atoms with Crippen LogP contribution in [0.25, 0.3) is 0 Å². The van der Waals surface area contributed by atoms with Crippen LogP contribution in [0.15, 0.2) is 52.7 Å². The lowest BCUT2D eigenvalue weighted by molar-refractivity contribution is -0.467. The fourth-order valence-electron chi connectivity index (χ4n) is 3.73. The predicted octanol–water partition coefficient (Wildman–Crippen LogP) is 4.69. The molecule has 1 aromatic heterocycles. The van der Waals surface area contributed by atoms with Crippen LogP contribution in [0.1, 0.15) is 47.1 Å². The number of hydrogen-bond acceptors (Lipinski definition) is 4. The van der Waals surface area contributed by atoms with Gasteiger partial charge in [0, 0.05) is 32.7 Å². The SMILES string of the molecule is CC[N+]1=CC2=C1PC(NC(C)c1cccc(NC(=O)c3cnc(C(F)(F)F)c(C)c3)c1)C=N2. The third-order valence-electron chi connectivity index (χ3n) is 5.49. The van der Waals surface area contributed by atoms with Gasteiger partial charge in [0.15, 0.2) is 5.70 Å². The summed E-state index contributed by atoms with van der Waals surface area (Å²) < 4.78 is 40.9. The van der Waals surface area contributed by atoms with Gasteiger partial charge in [-0.1, -0.05) is 12.1 Å². The van der Waals surface area contributed by atoms with Gasteiger partial charge >= 0.3 is 6.18 Å². The van der Waals surface area contributed by atoms with Crippen LogP contribution < -0.4 is 10.6 Å². The van der Waals surface area contributed by atoms with E-state index in [1.165, 1.54) is 18.4 Å². The van der Waals surface area contributed by atoms with Gasteiger partial charge < -0.3 is 5.32 Å². The molecule has 33 heavy (non-hydrogen) atoms. The van der Waals surface area contributed by atoms with E-state index in [4.69, 9.17) is 0 Å². The maximum absolute atomic E-state index is 12.9. The molecule has 2 aliphatic rings. The minimum atomic E-state index is -4.55. The highest BCUT2D eigenvalue weighted by molar-refractivity contribution is 7.44. The highest BCUT2D eigenvalue weighted by Crippen LogP contribution is 2.39. The van der Waals surface area contributed by atoms with Gasteiger partial charge in [-0.15, -0.1) is 0 Å². The van der Waals surface area contributed by atoms with E-state index in [0.29, 0.717) is 14.3 Å². The van der Waals surface area contributed by atoms with E-state index < -0.39 is 17.8 Å². The van der Waals surface area contributed by atoms with Gasteiger partial charge in [-0.3, -0.25) is 15.1 Å². The first-order chi connectivity index (χ1) is 15.7. The number of aromatic nitrogens is 1. The Balaban J connectivity index is 1.40. The van der Waals surface area contributed by atoms with Crippen LogP contribution in [-0.4, -0.2) is 40.2 Å². The average Bonchev–Trinajstić information content (AvgIpc) is 2.75. The summed E-state index contributed by atoms with van der Waals surface area (Å²) in [7, 11) is 0.584. The summed E-state index contributed by atoms with van der Waals surface area (Å²) in [4.78, 5) is 20.5. The van der Waals surface area contributed by atoms with Crippen LogP contribution >= 0.6 is 8.58 Å². The lowest BCUT2D eigenvalue weighted by Gasteiger charge is -2.25. The van der Waals surface area contributed by atoms with Crippen molar-refractivity contribution in [3.05, 3.63) is 70.0 Å². The van der Waals surface area contributed by atoms with Crippen LogP contribution in [0.2, 0.25) is 0 Å². The van der Waals surface area contributed by atoms with Crippen molar-refractivity contribution in [2.24, 2.45) is 4.99 Å². The first-order valence-corrected chi connectivity index (χ1v) is 11.6. The number of carbonyl (C=O) groups excluding carboxylic acids is 1. The quantitative estimate of drug-likeness (QED) is 0.472. The van der Waals surface area contributed by atoms with Crippen molar-refractivity contribution in [3.63, 3.8) is 0 Å². The Bertz CT molecular complexity index is 1190. The summed E-state index contributed by atoms with van der Waals surface area (Å²) >= 11 is 0. The second kappa shape index (κ2) is 9.15. The molecule has 0 saturated carbocycles. The number of carbonyl (C=O) groups is 1. The van der Waals surface area contributed by atoms with Gasteiger partial charge in [0.25, 0.3) is 5.91 Å². The van der Waals surface area contributed by atoms with Gasteiger partial charge in [-0.25, -0.2) is 4.99 Å². The van der Waals surface area contributed by atoms with Crippen LogP contribution in [-0.2, 0) is 6.18 Å². The second-order valence-electron chi connectivity index (χ2n) is 7.90. The molecule has 172 valence electrons. The van der Waals surface area contributed by atoms with Gasteiger partial charge in [0.1, 0.15) is 12.2 Å². The molecule has 3 atom stereocenters. The number of amides is 1. The van der Waals surface area contributed by atoms with E-state index >= 15 is 0 Å². The summed E-state index contributed by atoms with van der Waals surface area (Å²) in [6.07, 6.45) is 0.383. The summed E-state index contributed by atoms with van der Waals surface area (Å²) in [5, 5.41) is 6.31. The average molecular weight is 474 g/mol. The zero-order valence-electron chi connectivity index (χ0n) is 18.4. The molecule has 0 saturated heterocycles. The van der Waals surface area contributed by atoms with Crippen molar-refractivity contribution in [1.29, 1.82) is 0 Å². The number of halogens is 3. The summed E-state index contributed by atoms with van der Waals surface area (Å²) in [6.45, 7) is 6.36. The number of nitrogens with zero attached hydrogens (tertiary/aromatic N) is 3. The third-order valence-corrected chi connectivity index (χ3v) is 6.93. The third kappa shape index (κ3) is 5.04. The van der Waals surface area contributed by atoms with E-state index in [9.17, 15) is 18.0 Å². The zero-order valence-corrected chi connectivity index (χ0v) is 19.4. The normalized spacial score (nSPS) is 19.1. The number of anilines is 1. The van der Waals surface area contributed by atoms with E-state index in [1.54, 1.807) is 6.07 Å². The van der Waals surface area contributed by atoms with Crippen molar-refractivity contribution in [3.8, 4) is 0 Å². The number of nitrogens with one attached hydrogen (secondary N) is 2. The maximum atomic E-state index is 12.9. The van der Waals surface area contributed by atoms with Crippen molar-refractivity contribution >= 4 is 32.6 Å². The fraction of sp³-hybridized carbons (Fsp3) is 0.304. The second-order valence-corrected chi connectivity index (χ2v) is 9.29. The summed E-state index contributed by atoms with van der Waals surface area (Å²) in [5.74, 6) is -0.390. The zero-order chi connectivity index (χ0) is 23.8. The monoisotopic (exact) mass is 474 g/mol. The Morgan fingerprint density at radius 3 is 2.79 bits per heavy atom. The summed E-state index contributed by atoms with van der Waals surface area (Å²) in [6, 6.07) is 8.58. The number of hydrogen-bond donors (Lipinski definition) is 2.